The van der Waals surface area contributed by atoms with Crippen LogP contribution < -0.4 is 5.32 Å². The predicted molar refractivity (Wildman–Crippen MR) is 63.0 cm³/mol. The van der Waals surface area contributed by atoms with Gasteiger partial charge in [-0.25, -0.2) is 8.78 Å². The molecular weight excluding hydrogens is 242 g/mol. The van der Waals surface area contributed by atoms with Crippen molar-refractivity contribution >= 4 is 0 Å². The average Bonchev–Trinajstić information content (AvgIpc) is 2.28. The molecule has 0 aliphatic carbocycles. The number of nitrogens with one attached hydrogen (secondary N) is 1. The van der Waals surface area contributed by atoms with Crippen LogP contribution in [0.5, 0.6) is 11.5 Å². The number of benzene rings is 1. The second-order valence-corrected chi connectivity index (χ2v) is 4.35. The number of phenols is 2. The molecule has 18 heavy (non-hydrogen) atoms. The van der Waals surface area contributed by atoms with Crippen LogP contribution in [0.25, 0.3) is 0 Å². The monoisotopic (exact) mass is 258 g/mol. The van der Waals surface area contributed by atoms with Crippen LogP contribution in [0.4, 0.5) is 8.78 Å². The Bertz CT molecular complexity index is 389. The summed E-state index contributed by atoms with van der Waals surface area (Å²) >= 11 is 0. The second-order valence-electron chi connectivity index (χ2n) is 4.35. The van der Waals surface area contributed by atoms with E-state index in [1.54, 1.807) is 4.90 Å². The zero-order chi connectivity index (χ0) is 13.1. The van der Waals surface area contributed by atoms with Crippen molar-refractivity contribution in [1.82, 2.24) is 10.2 Å². The van der Waals surface area contributed by atoms with E-state index in [0.29, 0.717) is 26.2 Å². The van der Waals surface area contributed by atoms with Gasteiger partial charge in [0, 0.05) is 32.2 Å². The van der Waals surface area contributed by atoms with Gasteiger partial charge in [0.2, 0.25) is 0 Å². The summed E-state index contributed by atoms with van der Waals surface area (Å²) in [4.78, 5) is 1.66. The number of piperazine rings is 1. The van der Waals surface area contributed by atoms with Gasteiger partial charge in [-0.1, -0.05) is 0 Å². The minimum atomic E-state index is -2.57. The lowest BCUT2D eigenvalue weighted by atomic mass is 10.0. The lowest BCUT2D eigenvalue weighted by Gasteiger charge is -2.34. The Balaban J connectivity index is 2.28. The highest BCUT2D eigenvalue weighted by atomic mass is 19.3. The van der Waals surface area contributed by atoms with E-state index in [4.69, 9.17) is 0 Å². The van der Waals surface area contributed by atoms with Crippen LogP contribution in [0.2, 0.25) is 0 Å². The molecule has 1 heterocycles. The van der Waals surface area contributed by atoms with Gasteiger partial charge in [0.15, 0.2) is 0 Å². The fourth-order valence-corrected chi connectivity index (χ4v) is 2.26. The normalized spacial score (nSPS) is 19.1. The summed E-state index contributed by atoms with van der Waals surface area (Å²) in [6.07, 6.45) is -2.57. The molecule has 0 unspecified atom stereocenters. The highest BCUT2D eigenvalue weighted by Crippen LogP contribution is 2.32. The third-order valence-corrected chi connectivity index (χ3v) is 3.05. The summed E-state index contributed by atoms with van der Waals surface area (Å²) in [6.45, 7) is 2.36. The molecule has 4 nitrogen and oxygen atoms in total. The molecule has 1 aliphatic rings. The van der Waals surface area contributed by atoms with Gasteiger partial charge < -0.3 is 15.5 Å². The molecule has 0 spiro atoms. The number of nitrogens with zero attached hydrogens (tertiary/aromatic N) is 1. The number of hydrogen-bond donors (Lipinski definition) is 3. The Hall–Kier alpha value is -1.40. The van der Waals surface area contributed by atoms with Gasteiger partial charge in [-0.2, -0.15) is 0 Å². The van der Waals surface area contributed by atoms with Gasteiger partial charge in [0.1, 0.15) is 11.5 Å². The molecule has 0 radical (unpaired) electrons. The van der Waals surface area contributed by atoms with Crippen molar-refractivity contribution in [3.63, 3.8) is 0 Å². The Kier molecular flexibility index (Phi) is 3.98. The van der Waals surface area contributed by atoms with Crippen LogP contribution in [-0.2, 0) is 0 Å². The minimum Gasteiger partial charge on any atom is -0.508 e. The van der Waals surface area contributed by atoms with E-state index in [-0.39, 0.29) is 17.1 Å². The molecule has 6 heteroatoms. The smallest absolute Gasteiger partial charge is 0.258 e. The number of alkyl halides is 2. The quantitative estimate of drug-likeness (QED) is 0.765. The SMILES string of the molecule is Oc1cc(O)cc([C@@H](C(F)F)N2CCNCC2)c1. The maximum atomic E-state index is 13.2. The summed E-state index contributed by atoms with van der Waals surface area (Å²) in [5.41, 5.74) is 0.240. The molecule has 3 N–H and O–H groups in total. The van der Waals surface area contributed by atoms with Crippen LogP contribution >= 0.6 is 0 Å². The zero-order valence-corrected chi connectivity index (χ0v) is 9.81. The van der Waals surface area contributed by atoms with E-state index in [9.17, 15) is 19.0 Å². The zero-order valence-electron chi connectivity index (χ0n) is 9.81. The molecular formula is C12H16F2N2O2. The number of phenolic OH excluding ortho intramolecular Hbond substituents is 2. The fraction of sp³-hybridized carbons (Fsp3) is 0.500. The van der Waals surface area contributed by atoms with Crippen LogP contribution in [0.15, 0.2) is 18.2 Å². The van der Waals surface area contributed by atoms with Gasteiger partial charge in [-0.15, -0.1) is 0 Å². The van der Waals surface area contributed by atoms with Crippen LogP contribution in [0.3, 0.4) is 0 Å². The molecule has 0 aromatic heterocycles. The Morgan fingerprint density at radius 3 is 2.11 bits per heavy atom. The molecule has 1 aliphatic heterocycles. The second kappa shape index (κ2) is 5.49. The maximum Gasteiger partial charge on any atom is 0.258 e. The number of halogens is 2. The van der Waals surface area contributed by atoms with Crippen molar-refractivity contribution in [3.05, 3.63) is 23.8 Å². The first-order valence-corrected chi connectivity index (χ1v) is 5.84. The van der Waals surface area contributed by atoms with Gasteiger partial charge in [-0.3, -0.25) is 4.90 Å². The Morgan fingerprint density at radius 2 is 1.61 bits per heavy atom. The predicted octanol–water partition coefficient (Wildman–Crippen LogP) is 1.31. The molecule has 0 amide bonds. The standard InChI is InChI=1S/C12H16F2N2O2/c13-12(14)11(16-3-1-15-2-4-16)8-5-9(17)7-10(18)6-8/h5-7,11-12,15,17-18H,1-4H2/t11-/m0/s1. The summed E-state index contributed by atoms with van der Waals surface area (Å²) in [7, 11) is 0. The fourth-order valence-electron chi connectivity index (χ4n) is 2.26. The molecule has 1 atom stereocenters. The lowest BCUT2D eigenvalue weighted by Crippen LogP contribution is -2.46. The molecule has 0 bridgehead atoms. The van der Waals surface area contributed by atoms with Crippen molar-refractivity contribution in [3.8, 4) is 11.5 Å². The molecule has 1 aromatic carbocycles. The molecule has 100 valence electrons. The van der Waals surface area contributed by atoms with Crippen molar-refractivity contribution in [2.24, 2.45) is 0 Å². The van der Waals surface area contributed by atoms with E-state index in [2.05, 4.69) is 5.32 Å². The summed E-state index contributed by atoms with van der Waals surface area (Å²) in [6, 6.07) is 2.59. The van der Waals surface area contributed by atoms with E-state index in [1.165, 1.54) is 12.1 Å². The molecule has 1 saturated heterocycles. The third kappa shape index (κ3) is 2.88. The summed E-state index contributed by atoms with van der Waals surface area (Å²) in [5.74, 6) is -0.406. The summed E-state index contributed by atoms with van der Waals surface area (Å²) in [5, 5.41) is 21.9. The Morgan fingerprint density at radius 1 is 1.06 bits per heavy atom. The topological polar surface area (TPSA) is 55.7 Å². The van der Waals surface area contributed by atoms with E-state index < -0.39 is 12.5 Å². The summed E-state index contributed by atoms with van der Waals surface area (Å²) < 4.78 is 26.4. The molecule has 1 fully saturated rings. The molecule has 1 aromatic rings. The van der Waals surface area contributed by atoms with Gasteiger partial charge in [0.05, 0.1) is 6.04 Å². The van der Waals surface area contributed by atoms with Crippen molar-refractivity contribution in [1.29, 1.82) is 0 Å². The van der Waals surface area contributed by atoms with E-state index in [0.717, 1.165) is 6.07 Å². The van der Waals surface area contributed by atoms with Crippen molar-refractivity contribution in [2.45, 2.75) is 12.5 Å². The van der Waals surface area contributed by atoms with Crippen molar-refractivity contribution < 1.29 is 19.0 Å². The highest BCUT2D eigenvalue weighted by molar-refractivity contribution is 5.38. The average molecular weight is 258 g/mol. The van der Waals surface area contributed by atoms with Gasteiger partial charge >= 0.3 is 0 Å². The number of aromatic hydroxyl groups is 2. The largest absolute Gasteiger partial charge is 0.508 e. The molecule has 2 rings (SSSR count). The number of rotatable bonds is 3. The number of hydrogen-bond acceptors (Lipinski definition) is 4. The first-order chi connectivity index (χ1) is 8.58. The van der Waals surface area contributed by atoms with Crippen LogP contribution in [0, 0.1) is 0 Å². The van der Waals surface area contributed by atoms with Crippen LogP contribution in [0.1, 0.15) is 11.6 Å². The first-order valence-electron chi connectivity index (χ1n) is 5.84. The first kappa shape index (κ1) is 13.0. The van der Waals surface area contributed by atoms with Gasteiger partial charge in [-0.05, 0) is 17.7 Å². The van der Waals surface area contributed by atoms with Gasteiger partial charge in [0.25, 0.3) is 6.43 Å². The Labute approximate surface area is 104 Å². The highest BCUT2D eigenvalue weighted by Gasteiger charge is 2.30. The third-order valence-electron chi connectivity index (χ3n) is 3.05. The van der Waals surface area contributed by atoms with Crippen molar-refractivity contribution in [2.75, 3.05) is 26.2 Å². The van der Waals surface area contributed by atoms with E-state index in [1.807, 2.05) is 0 Å². The van der Waals surface area contributed by atoms with Crippen LogP contribution in [-0.4, -0.2) is 47.7 Å². The molecule has 0 saturated carbocycles. The van der Waals surface area contributed by atoms with E-state index >= 15 is 0 Å². The lowest BCUT2D eigenvalue weighted by molar-refractivity contribution is 0.0180. The maximum absolute atomic E-state index is 13.2. The minimum absolute atomic E-state index is 0.203.